The molecule has 0 aromatic carbocycles. The number of carbonyl (C=O) groups is 1. The summed E-state index contributed by atoms with van der Waals surface area (Å²) < 4.78 is 6.20. The summed E-state index contributed by atoms with van der Waals surface area (Å²) in [4.78, 5) is 20.2. The molecule has 0 amide bonds. The summed E-state index contributed by atoms with van der Waals surface area (Å²) in [7, 11) is 0. The number of aromatic nitrogens is 3. The van der Waals surface area contributed by atoms with E-state index in [1.54, 1.807) is 17.5 Å². The van der Waals surface area contributed by atoms with Gasteiger partial charge in [-0.3, -0.25) is 9.78 Å². The quantitative estimate of drug-likeness (QED) is 0.720. The van der Waals surface area contributed by atoms with Crippen molar-refractivity contribution in [3.05, 3.63) is 29.6 Å². The Bertz CT molecular complexity index is 748. The lowest BCUT2D eigenvalue weighted by Gasteiger charge is -1.94. The van der Waals surface area contributed by atoms with Crippen molar-refractivity contribution >= 4 is 27.3 Å². The SMILES string of the molecule is CCCC(=O)Cc1nc(-c2cnc3ccsc3c2)no1. The molecule has 0 spiro atoms. The van der Waals surface area contributed by atoms with Gasteiger partial charge in [0.25, 0.3) is 0 Å². The molecule has 102 valence electrons. The lowest BCUT2D eigenvalue weighted by molar-refractivity contribution is -0.118. The first-order valence-electron chi connectivity index (χ1n) is 6.44. The van der Waals surface area contributed by atoms with Gasteiger partial charge in [-0.05, 0) is 23.9 Å². The van der Waals surface area contributed by atoms with Gasteiger partial charge in [0.15, 0.2) is 0 Å². The highest BCUT2D eigenvalue weighted by Crippen LogP contribution is 2.24. The number of rotatable bonds is 5. The molecule has 0 N–H and O–H groups in total. The van der Waals surface area contributed by atoms with Crippen LogP contribution in [-0.4, -0.2) is 20.9 Å². The number of hydrogen-bond donors (Lipinski definition) is 0. The monoisotopic (exact) mass is 287 g/mol. The van der Waals surface area contributed by atoms with Crippen molar-refractivity contribution in [3.63, 3.8) is 0 Å². The molecular weight excluding hydrogens is 274 g/mol. The lowest BCUT2D eigenvalue weighted by atomic mass is 10.2. The van der Waals surface area contributed by atoms with Gasteiger partial charge in [0.1, 0.15) is 5.78 Å². The molecule has 0 unspecified atom stereocenters. The molecule has 0 aliphatic heterocycles. The highest BCUT2D eigenvalue weighted by Gasteiger charge is 2.13. The second-order valence-corrected chi connectivity index (χ2v) is 5.45. The van der Waals surface area contributed by atoms with Crippen LogP contribution in [0.15, 0.2) is 28.2 Å². The second-order valence-electron chi connectivity index (χ2n) is 4.51. The van der Waals surface area contributed by atoms with Crippen molar-refractivity contribution in [2.75, 3.05) is 0 Å². The summed E-state index contributed by atoms with van der Waals surface area (Å²) in [5, 5.41) is 5.91. The Morgan fingerprint density at radius 3 is 3.20 bits per heavy atom. The number of nitrogens with zero attached hydrogens (tertiary/aromatic N) is 3. The maximum absolute atomic E-state index is 11.6. The van der Waals surface area contributed by atoms with E-state index in [0.717, 1.165) is 22.2 Å². The lowest BCUT2D eigenvalue weighted by Crippen LogP contribution is -2.01. The van der Waals surface area contributed by atoms with Crippen LogP contribution in [-0.2, 0) is 11.2 Å². The molecule has 0 aliphatic carbocycles. The van der Waals surface area contributed by atoms with Crippen molar-refractivity contribution in [2.45, 2.75) is 26.2 Å². The van der Waals surface area contributed by atoms with Gasteiger partial charge in [0.2, 0.25) is 11.7 Å². The zero-order valence-electron chi connectivity index (χ0n) is 11.0. The molecule has 3 heterocycles. The van der Waals surface area contributed by atoms with Gasteiger partial charge in [-0.1, -0.05) is 12.1 Å². The summed E-state index contributed by atoms with van der Waals surface area (Å²) in [6.07, 6.45) is 3.30. The van der Waals surface area contributed by atoms with E-state index in [9.17, 15) is 4.79 Å². The fraction of sp³-hybridized carbons (Fsp3) is 0.286. The maximum atomic E-state index is 11.6. The molecular formula is C14H13N3O2S. The van der Waals surface area contributed by atoms with Crippen LogP contribution in [0.5, 0.6) is 0 Å². The predicted molar refractivity (Wildman–Crippen MR) is 76.5 cm³/mol. The highest BCUT2D eigenvalue weighted by molar-refractivity contribution is 7.17. The maximum Gasteiger partial charge on any atom is 0.234 e. The van der Waals surface area contributed by atoms with Gasteiger partial charge in [0.05, 0.1) is 16.6 Å². The van der Waals surface area contributed by atoms with Gasteiger partial charge >= 0.3 is 0 Å². The Morgan fingerprint density at radius 1 is 1.45 bits per heavy atom. The molecule has 0 radical (unpaired) electrons. The van der Waals surface area contributed by atoms with E-state index in [4.69, 9.17) is 4.52 Å². The van der Waals surface area contributed by atoms with E-state index in [-0.39, 0.29) is 12.2 Å². The molecule has 6 heteroatoms. The Balaban J connectivity index is 1.83. The zero-order chi connectivity index (χ0) is 13.9. The number of fused-ring (bicyclic) bond motifs is 1. The van der Waals surface area contributed by atoms with Crippen LogP contribution in [0.2, 0.25) is 0 Å². The smallest absolute Gasteiger partial charge is 0.234 e. The Labute approximate surface area is 119 Å². The third-order valence-electron chi connectivity index (χ3n) is 2.91. The molecule has 20 heavy (non-hydrogen) atoms. The van der Waals surface area contributed by atoms with E-state index >= 15 is 0 Å². The highest BCUT2D eigenvalue weighted by atomic mass is 32.1. The number of hydrogen-bond acceptors (Lipinski definition) is 6. The van der Waals surface area contributed by atoms with Gasteiger partial charge in [0, 0.05) is 18.2 Å². The van der Waals surface area contributed by atoms with Crippen molar-refractivity contribution in [1.29, 1.82) is 0 Å². The van der Waals surface area contributed by atoms with E-state index in [1.807, 2.05) is 24.4 Å². The summed E-state index contributed by atoms with van der Waals surface area (Å²) in [6.45, 7) is 1.97. The normalized spacial score (nSPS) is 11.1. The second kappa shape index (κ2) is 5.50. The first-order chi connectivity index (χ1) is 9.76. The fourth-order valence-corrected chi connectivity index (χ4v) is 2.73. The Kier molecular flexibility index (Phi) is 3.56. The van der Waals surface area contributed by atoms with Crippen molar-refractivity contribution in [3.8, 4) is 11.4 Å². The molecule has 3 aromatic rings. The van der Waals surface area contributed by atoms with Crippen LogP contribution in [0.4, 0.5) is 0 Å². The summed E-state index contributed by atoms with van der Waals surface area (Å²) in [6, 6.07) is 3.95. The molecule has 3 aromatic heterocycles. The average molecular weight is 287 g/mol. The van der Waals surface area contributed by atoms with Crippen molar-refractivity contribution in [1.82, 2.24) is 15.1 Å². The number of pyridine rings is 1. The number of Topliss-reactive ketones (excluding diaryl/α,β-unsaturated/α-hetero) is 1. The molecule has 0 atom stereocenters. The fourth-order valence-electron chi connectivity index (χ4n) is 1.95. The Hall–Kier alpha value is -2.08. The van der Waals surface area contributed by atoms with Crippen LogP contribution < -0.4 is 0 Å². The molecule has 0 saturated carbocycles. The summed E-state index contributed by atoms with van der Waals surface area (Å²) >= 11 is 1.62. The van der Waals surface area contributed by atoms with Gasteiger partial charge in [-0.25, -0.2) is 0 Å². The van der Waals surface area contributed by atoms with Crippen LogP contribution in [0.3, 0.4) is 0 Å². The third-order valence-corrected chi connectivity index (χ3v) is 3.76. The van der Waals surface area contributed by atoms with E-state index in [1.165, 1.54) is 0 Å². The van der Waals surface area contributed by atoms with Gasteiger partial charge in [-0.2, -0.15) is 4.98 Å². The minimum absolute atomic E-state index is 0.120. The third kappa shape index (κ3) is 2.60. The van der Waals surface area contributed by atoms with E-state index < -0.39 is 0 Å². The van der Waals surface area contributed by atoms with E-state index in [2.05, 4.69) is 15.1 Å². The minimum Gasteiger partial charge on any atom is -0.338 e. The minimum atomic E-state index is 0.120. The zero-order valence-corrected chi connectivity index (χ0v) is 11.8. The number of thiophene rings is 1. The molecule has 5 nitrogen and oxygen atoms in total. The molecule has 0 saturated heterocycles. The standard InChI is InChI=1S/C14H13N3O2S/c1-2-3-10(18)7-13-16-14(17-19-13)9-6-12-11(15-8-9)4-5-20-12/h4-6,8H,2-3,7H2,1H3. The van der Waals surface area contributed by atoms with Crippen LogP contribution >= 0.6 is 11.3 Å². The predicted octanol–water partition coefficient (Wildman–Crippen LogP) is 3.26. The van der Waals surface area contributed by atoms with Crippen LogP contribution in [0.1, 0.15) is 25.7 Å². The van der Waals surface area contributed by atoms with Crippen LogP contribution in [0.25, 0.3) is 21.6 Å². The first kappa shape index (κ1) is 12.9. The topological polar surface area (TPSA) is 68.9 Å². The molecule has 3 rings (SSSR count). The van der Waals surface area contributed by atoms with Crippen molar-refractivity contribution in [2.24, 2.45) is 0 Å². The van der Waals surface area contributed by atoms with Gasteiger partial charge < -0.3 is 4.52 Å². The largest absolute Gasteiger partial charge is 0.338 e. The number of ketones is 1. The summed E-state index contributed by atoms with van der Waals surface area (Å²) in [5.41, 5.74) is 1.76. The first-order valence-corrected chi connectivity index (χ1v) is 7.32. The molecule has 0 aliphatic rings. The van der Waals surface area contributed by atoms with Gasteiger partial charge in [-0.15, -0.1) is 11.3 Å². The van der Waals surface area contributed by atoms with Crippen LogP contribution in [0, 0.1) is 0 Å². The van der Waals surface area contributed by atoms with Crippen molar-refractivity contribution < 1.29 is 9.32 Å². The summed E-state index contributed by atoms with van der Waals surface area (Å²) in [5.74, 6) is 0.964. The molecule has 0 bridgehead atoms. The van der Waals surface area contributed by atoms with E-state index in [0.29, 0.717) is 18.1 Å². The average Bonchev–Trinajstić information content (AvgIpc) is 3.06. The molecule has 0 fully saturated rings. The Morgan fingerprint density at radius 2 is 2.35 bits per heavy atom. The number of carbonyl (C=O) groups excluding carboxylic acids is 1.